The number of hydrogen-bond donors (Lipinski definition) is 0. The van der Waals surface area contributed by atoms with Crippen molar-refractivity contribution in [2.45, 2.75) is 12.8 Å². The van der Waals surface area contributed by atoms with Crippen LogP contribution in [-0.2, 0) is 6.42 Å². The lowest BCUT2D eigenvalue weighted by molar-refractivity contribution is 1.00. The SMILES string of the molecule is C1=Cc2c(c3ccccc3c3ccc(-c4cccc(-c5cccc(-c6nc(-c7ccccc7)nc(-c7ccccc7)n6)c5)c4)cc23)CC1. The van der Waals surface area contributed by atoms with Crippen LogP contribution in [0.4, 0.5) is 0 Å². The molecule has 0 N–H and O–H groups in total. The predicted octanol–water partition coefficient (Wildman–Crippen LogP) is 11.5. The quantitative estimate of drug-likeness (QED) is 0.181. The largest absolute Gasteiger partial charge is 0.208 e. The van der Waals surface area contributed by atoms with Crippen LogP contribution in [0.1, 0.15) is 17.5 Å². The molecular weight excluding hydrogens is 583 g/mol. The van der Waals surface area contributed by atoms with Crippen LogP contribution >= 0.6 is 0 Å². The molecule has 3 heteroatoms. The molecule has 0 atom stereocenters. The van der Waals surface area contributed by atoms with Crippen LogP contribution in [0, 0.1) is 0 Å². The van der Waals surface area contributed by atoms with Crippen molar-refractivity contribution in [1.29, 1.82) is 0 Å². The van der Waals surface area contributed by atoms with Gasteiger partial charge in [0.15, 0.2) is 17.5 Å². The van der Waals surface area contributed by atoms with Gasteiger partial charge in [-0.15, -0.1) is 0 Å². The number of fused-ring (bicyclic) bond motifs is 6. The van der Waals surface area contributed by atoms with E-state index in [9.17, 15) is 0 Å². The Morgan fingerprint density at radius 1 is 0.354 bits per heavy atom. The Morgan fingerprint density at radius 2 is 0.833 bits per heavy atom. The molecule has 0 radical (unpaired) electrons. The Hall–Kier alpha value is -6.19. The summed E-state index contributed by atoms with van der Waals surface area (Å²) in [6.45, 7) is 0. The Labute approximate surface area is 280 Å². The highest BCUT2D eigenvalue weighted by Crippen LogP contribution is 2.39. The molecule has 9 rings (SSSR count). The highest BCUT2D eigenvalue weighted by atomic mass is 15.0. The van der Waals surface area contributed by atoms with E-state index in [1.54, 1.807) is 0 Å². The minimum Gasteiger partial charge on any atom is -0.208 e. The summed E-state index contributed by atoms with van der Waals surface area (Å²) in [5, 5.41) is 5.35. The fourth-order valence-electron chi connectivity index (χ4n) is 7.01. The van der Waals surface area contributed by atoms with Gasteiger partial charge < -0.3 is 0 Å². The minimum absolute atomic E-state index is 0.653. The lowest BCUT2D eigenvalue weighted by atomic mass is 9.85. The van der Waals surface area contributed by atoms with Crippen molar-refractivity contribution in [1.82, 2.24) is 15.0 Å². The van der Waals surface area contributed by atoms with Gasteiger partial charge in [0, 0.05) is 16.7 Å². The lowest BCUT2D eigenvalue weighted by Gasteiger charge is -2.18. The van der Waals surface area contributed by atoms with E-state index in [2.05, 4.69) is 103 Å². The molecule has 1 heterocycles. The highest BCUT2D eigenvalue weighted by Gasteiger charge is 2.16. The van der Waals surface area contributed by atoms with E-state index < -0.39 is 0 Å². The van der Waals surface area contributed by atoms with Crippen molar-refractivity contribution in [3.8, 4) is 56.4 Å². The zero-order valence-corrected chi connectivity index (χ0v) is 26.3. The van der Waals surface area contributed by atoms with E-state index in [1.807, 2.05) is 60.7 Å². The van der Waals surface area contributed by atoms with E-state index in [1.165, 1.54) is 43.8 Å². The van der Waals surface area contributed by atoms with Crippen LogP contribution in [0.25, 0.3) is 84.0 Å². The van der Waals surface area contributed by atoms with Gasteiger partial charge in [-0.2, -0.15) is 0 Å². The first-order chi connectivity index (χ1) is 23.8. The van der Waals surface area contributed by atoms with Crippen LogP contribution in [0.3, 0.4) is 0 Å². The molecule has 0 saturated heterocycles. The van der Waals surface area contributed by atoms with Gasteiger partial charge in [0.05, 0.1) is 0 Å². The van der Waals surface area contributed by atoms with E-state index in [4.69, 9.17) is 15.0 Å². The molecule has 0 saturated carbocycles. The summed E-state index contributed by atoms with van der Waals surface area (Å²) in [6, 6.07) is 53.4. The summed E-state index contributed by atoms with van der Waals surface area (Å²) in [5.41, 5.74) is 10.4. The number of benzene rings is 7. The second-order valence-electron chi connectivity index (χ2n) is 12.3. The zero-order chi connectivity index (χ0) is 31.9. The molecule has 7 aromatic carbocycles. The van der Waals surface area contributed by atoms with Crippen LogP contribution < -0.4 is 0 Å². The van der Waals surface area contributed by atoms with Gasteiger partial charge in [-0.05, 0) is 86.0 Å². The molecule has 0 amide bonds. The van der Waals surface area contributed by atoms with Crippen molar-refractivity contribution >= 4 is 27.6 Å². The van der Waals surface area contributed by atoms with Crippen LogP contribution in [-0.4, -0.2) is 15.0 Å². The van der Waals surface area contributed by atoms with Crippen LogP contribution in [0.15, 0.2) is 158 Å². The average molecular weight is 614 g/mol. The topological polar surface area (TPSA) is 38.7 Å². The Kier molecular flexibility index (Phi) is 6.94. The molecule has 0 spiro atoms. The maximum absolute atomic E-state index is 4.96. The summed E-state index contributed by atoms with van der Waals surface area (Å²) < 4.78 is 0. The maximum Gasteiger partial charge on any atom is 0.164 e. The fraction of sp³-hybridized carbons (Fsp3) is 0.0444. The summed E-state index contributed by atoms with van der Waals surface area (Å²) in [6.07, 6.45) is 6.82. The van der Waals surface area contributed by atoms with E-state index in [0.29, 0.717) is 17.5 Å². The molecule has 8 aromatic rings. The third kappa shape index (κ3) is 5.06. The normalized spacial score (nSPS) is 12.3. The monoisotopic (exact) mass is 613 g/mol. The molecule has 226 valence electrons. The smallest absolute Gasteiger partial charge is 0.164 e. The number of nitrogens with zero attached hydrogens (tertiary/aromatic N) is 3. The first kappa shape index (κ1) is 28.1. The second kappa shape index (κ2) is 11.9. The molecule has 0 fully saturated rings. The summed E-state index contributed by atoms with van der Waals surface area (Å²) in [5.74, 6) is 1.97. The minimum atomic E-state index is 0.653. The molecule has 1 aliphatic carbocycles. The highest BCUT2D eigenvalue weighted by molar-refractivity contribution is 6.13. The van der Waals surface area contributed by atoms with Gasteiger partial charge in [0.2, 0.25) is 0 Å². The summed E-state index contributed by atoms with van der Waals surface area (Å²) in [4.78, 5) is 14.8. The molecular formula is C45H31N3. The third-order valence-electron chi connectivity index (χ3n) is 9.37. The van der Waals surface area contributed by atoms with E-state index in [-0.39, 0.29) is 0 Å². The molecule has 48 heavy (non-hydrogen) atoms. The first-order valence-corrected chi connectivity index (χ1v) is 16.5. The van der Waals surface area contributed by atoms with Crippen molar-refractivity contribution in [2.24, 2.45) is 0 Å². The van der Waals surface area contributed by atoms with Crippen molar-refractivity contribution in [3.63, 3.8) is 0 Å². The first-order valence-electron chi connectivity index (χ1n) is 16.5. The molecule has 0 aliphatic heterocycles. The summed E-state index contributed by atoms with van der Waals surface area (Å²) >= 11 is 0. The van der Waals surface area contributed by atoms with Crippen molar-refractivity contribution < 1.29 is 0 Å². The zero-order valence-electron chi connectivity index (χ0n) is 26.3. The number of allylic oxidation sites excluding steroid dienone is 1. The lowest BCUT2D eigenvalue weighted by Crippen LogP contribution is -2.00. The maximum atomic E-state index is 4.96. The average Bonchev–Trinajstić information content (AvgIpc) is 3.18. The number of hydrogen-bond acceptors (Lipinski definition) is 3. The molecule has 0 unspecified atom stereocenters. The molecule has 3 nitrogen and oxygen atoms in total. The summed E-state index contributed by atoms with van der Waals surface area (Å²) in [7, 11) is 0. The predicted molar refractivity (Wildman–Crippen MR) is 199 cm³/mol. The molecule has 0 bridgehead atoms. The number of aromatic nitrogens is 3. The van der Waals surface area contributed by atoms with Gasteiger partial charge in [-0.1, -0.05) is 146 Å². The second-order valence-corrected chi connectivity index (χ2v) is 12.3. The number of aryl methyl sites for hydroxylation is 1. The van der Waals surface area contributed by atoms with Crippen LogP contribution in [0.5, 0.6) is 0 Å². The van der Waals surface area contributed by atoms with E-state index >= 15 is 0 Å². The van der Waals surface area contributed by atoms with Gasteiger partial charge in [0.25, 0.3) is 0 Å². The van der Waals surface area contributed by atoms with Crippen LogP contribution in [0.2, 0.25) is 0 Å². The van der Waals surface area contributed by atoms with Crippen molar-refractivity contribution in [3.05, 3.63) is 169 Å². The van der Waals surface area contributed by atoms with Gasteiger partial charge in [-0.3, -0.25) is 0 Å². The van der Waals surface area contributed by atoms with Gasteiger partial charge in [0.1, 0.15) is 0 Å². The standard InChI is InChI=1S/C45H31N3/c1-3-13-30(14-4-1)43-46-44(31-15-5-2-6-16-31)48-45(47-43)36-20-12-19-34(28-36)32-17-11-18-33(27-32)35-25-26-41-39-23-8-7-21-37(39)38-22-9-10-24-40(38)42(41)29-35/h1-8,10-21,23-29H,9,22H2. The molecule has 1 aliphatic rings. The van der Waals surface area contributed by atoms with Crippen molar-refractivity contribution in [2.75, 3.05) is 0 Å². The Morgan fingerprint density at radius 3 is 1.48 bits per heavy atom. The molecule has 1 aromatic heterocycles. The van der Waals surface area contributed by atoms with Gasteiger partial charge >= 0.3 is 0 Å². The fourth-order valence-corrected chi connectivity index (χ4v) is 7.01. The number of rotatable bonds is 5. The Balaban J connectivity index is 1.13. The third-order valence-corrected chi connectivity index (χ3v) is 9.37. The Bertz CT molecular complexity index is 2440. The van der Waals surface area contributed by atoms with E-state index in [0.717, 1.165) is 40.7 Å². The van der Waals surface area contributed by atoms with Gasteiger partial charge in [-0.25, -0.2) is 15.0 Å².